The average molecular weight is 368 g/mol. The number of hydrogen-bond donors (Lipinski definition) is 0. The summed E-state index contributed by atoms with van der Waals surface area (Å²) >= 11 is 0. The lowest BCUT2D eigenvalue weighted by molar-refractivity contribution is -0.131. The first-order valence-corrected chi connectivity index (χ1v) is 9.11. The van der Waals surface area contributed by atoms with Crippen LogP contribution in [0.1, 0.15) is 6.92 Å². The van der Waals surface area contributed by atoms with Crippen molar-refractivity contribution in [3.63, 3.8) is 0 Å². The topological polar surface area (TPSA) is 35.5 Å². The molecule has 28 heavy (non-hydrogen) atoms. The number of hydrogen-bond acceptors (Lipinski definition) is 3. The Hall–Kier alpha value is -3.59. The van der Waals surface area contributed by atoms with E-state index in [2.05, 4.69) is 36.4 Å². The van der Waals surface area contributed by atoms with E-state index in [1.807, 2.05) is 48.5 Å². The van der Waals surface area contributed by atoms with Gasteiger partial charge in [0.25, 0.3) is 0 Å². The molecule has 0 fully saturated rings. The van der Waals surface area contributed by atoms with Gasteiger partial charge in [-0.3, -0.25) is 4.79 Å². The Morgan fingerprint density at radius 2 is 1.14 bits per heavy atom. The molecule has 0 bridgehead atoms. The third kappa shape index (κ3) is 3.47. The van der Waals surface area contributed by atoms with E-state index in [1.165, 1.54) is 6.92 Å². The van der Waals surface area contributed by atoms with Gasteiger partial charge in [-0.15, -0.1) is 0 Å². The first-order chi connectivity index (χ1) is 13.7. The number of ether oxygens (including phenoxy) is 2. The Balaban J connectivity index is 2.00. The van der Waals surface area contributed by atoms with Crippen molar-refractivity contribution < 1.29 is 14.3 Å². The molecule has 3 nitrogen and oxygen atoms in total. The molecule has 0 spiro atoms. The van der Waals surface area contributed by atoms with Crippen LogP contribution in [0, 0.1) is 0 Å². The molecule has 0 unspecified atom stereocenters. The lowest BCUT2D eigenvalue weighted by Gasteiger charge is -2.15. The van der Waals surface area contributed by atoms with Crippen molar-refractivity contribution in [1.29, 1.82) is 0 Å². The van der Waals surface area contributed by atoms with Crippen LogP contribution in [0.15, 0.2) is 84.9 Å². The van der Waals surface area contributed by atoms with Crippen LogP contribution in [0.2, 0.25) is 0 Å². The predicted octanol–water partition coefficient (Wildman–Crippen LogP) is 6.11. The van der Waals surface area contributed by atoms with Gasteiger partial charge < -0.3 is 9.47 Å². The van der Waals surface area contributed by atoms with Gasteiger partial charge >= 0.3 is 5.97 Å². The van der Waals surface area contributed by atoms with E-state index < -0.39 is 0 Å². The van der Waals surface area contributed by atoms with Gasteiger partial charge in [0.15, 0.2) is 11.5 Å². The summed E-state index contributed by atoms with van der Waals surface area (Å²) in [4.78, 5) is 11.5. The summed E-state index contributed by atoms with van der Waals surface area (Å²) in [6.07, 6.45) is 0. The number of methoxy groups -OCH3 is 1. The Bertz CT molecular complexity index is 1130. The highest BCUT2D eigenvalue weighted by Gasteiger charge is 2.14. The highest BCUT2D eigenvalue weighted by atomic mass is 16.6. The standard InChI is InChI=1S/C25H20O3/c1-17(26)28-25-16-21-14-23(19-11-7-4-8-12-19)22(18-9-5-3-6-10-18)13-20(21)15-24(25)27-2/h3-16H,1-2H3. The number of fused-ring (bicyclic) bond motifs is 1. The van der Waals surface area contributed by atoms with Crippen molar-refractivity contribution in [1.82, 2.24) is 0 Å². The maximum absolute atomic E-state index is 11.5. The number of benzene rings is 4. The van der Waals surface area contributed by atoms with Crippen LogP contribution in [0.3, 0.4) is 0 Å². The Morgan fingerprint density at radius 3 is 1.57 bits per heavy atom. The molecule has 0 radical (unpaired) electrons. The van der Waals surface area contributed by atoms with Gasteiger partial charge in [0.1, 0.15) is 0 Å². The lowest BCUT2D eigenvalue weighted by Crippen LogP contribution is -2.03. The summed E-state index contributed by atoms with van der Waals surface area (Å²) in [7, 11) is 1.57. The van der Waals surface area contributed by atoms with Crippen LogP contribution in [0.25, 0.3) is 33.0 Å². The molecule has 0 heterocycles. The summed E-state index contributed by atoms with van der Waals surface area (Å²) in [5.74, 6) is 0.588. The molecule has 0 saturated carbocycles. The normalized spacial score (nSPS) is 10.6. The summed E-state index contributed by atoms with van der Waals surface area (Å²) in [6.45, 7) is 1.39. The van der Waals surface area contributed by atoms with E-state index in [4.69, 9.17) is 9.47 Å². The fourth-order valence-electron chi connectivity index (χ4n) is 3.42. The molecule has 4 rings (SSSR count). The summed E-state index contributed by atoms with van der Waals surface area (Å²) in [6, 6.07) is 28.7. The molecular weight excluding hydrogens is 348 g/mol. The summed E-state index contributed by atoms with van der Waals surface area (Å²) in [5.41, 5.74) is 4.54. The average Bonchev–Trinajstić information content (AvgIpc) is 2.73. The van der Waals surface area contributed by atoms with Crippen LogP contribution in [0.5, 0.6) is 11.5 Å². The first-order valence-electron chi connectivity index (χ1n) is 9.11. The van der Waals surface area contributed by atoms with E-state index in [-0.39, 0.29) is 5.97 Å². The minimum Gasteiger partial charge on any atom is -0.493 e. The van der Waals surface area contributed by atoms with E-state index in [0.29, 0.717) is 11.5 Å². The molecule has 138 valence electrons. The first kappa shape index (κ1) is 17.8. The molecule has 0 saturated heterocycles. The SMILES string of the molecule is COc1cc2cc(-c3ccccc3)c(-c3ccccc3)cc2cc1OC(C)=O. The number of carbonyl (C=O) groups is 1. The lowest BCUT2D eigenvalue weighted by atomic mass is 9.91. The van der Waals surface area contributed by atoms with Crippen molar-refractivity contribution >= 4 is 16.7 Å². The highest BCUT2D eigenvalue weighted by molar-refractivity contribution is 5.98. The molecule has 4 aromatic rings. The largest absolute Gasteiger partial charge is 0.493 e. The van der Waals surface area contributed by atoms with E-state index in [0.717, 1.165) is 33.0 Å². The number of esters is 1. The minimum absolute atomic E-state index is 0.373. The Kier molecular flexibility index (Phi) is 4.81. The molecule has 0 atom stereocenters. The van der Waals surface area contributed by atoms with Crippen LogP contribution in [-0.4, -0.2) is 13.1 Å². The molecule has 0 amide bonds. The van der Waals surface area contributed by atoms with Gasteiger partial charge in [-0.1, -0.05) is 60.7 Å². The predicted molar refractivity (Wildman–Crippen MR) is 113 cm³/mol. The smallest absolute Gasteiger partial charge is 0.308 e. The van der Waals surface area contributed by atoms with Crippen LogP contribution >= 0.6 is 0 Å². The van der Waals surface area contributed by atoms with Crippen LogP contribution in [0.4, 0.5) is 0 Å². The third-order valence-electron chi connectivity index (χ3n) is 4.68. The van der Waals surface area contributed by atoms with Crippen molar-refractivity contribution in [2.75, 3.05) is 7.11 Å². The molecular formula is C25H20O3. The fourth-order valence-corrected chi connectivity index (χ4v) is 3.42. The van der Waals surface area contributed by atoms with Gasteiger partial charge in [-0.05, 0) is 57.3 Å². The molecule has 3 heteroatoms. The molecule has 0 aliphatic rings. The quantitative estimate of drug-likeness (QED) is 0.322. The van der Waals surface area contributed by atoms with Gasteiger partial charge in [0.2, 0.25) is 0 Å². The maximum atomic E-state index is 11.5. The van der Waals surface area contributed by atoms with Crippen molar-refractivity contribution in [2.24, 2.45) is 0 Å². The number of rotatable bonds is 4. The molecule has 4 aromatic carbocycles. The molecule has 0 aromatic heterocycles. The maximum Gasteiger partial charge on any atom is 0.308 e. The van der Waals surface area contributed by atoms with Gasteiger partial charge in [0.05, 0.1) is 7.11 Å². The van der Waals surface area contributed by atoms with Crippen LogP contribution in [-0.2, 0) is 4.79 Å². The van der Waals surface area contributed by atoms with Crippen LogP contribution < -0.4 is 9.47 Å². The highest BCUT2D eigenvalue weighted by Crippen LogP contribution is 2.39. The molecule has 0 aliphatic carbocycles. The zero-order valence-corrected chi connectivity index (χ0v) is 15.8. The summed E-state index contributed by atoms with van der Waals surface area (Å²) < 4.78 is 10.8. The zero-order valence-electron chi connectivity index (χ0n) is 15.8. The van der Waals surface area contributed by atoms with E-state index >= 15 is 0 Å². The second-order valence-corrected chi connectivity index (χ2v) is 6.57. The van der Waals surface area contributed by atoms with Crippen molar-refractivity contribution in [3.8, 4) is 33.8 Å². The fraction of sp³-hybridized carbons (Fsp3) is 0.0800. The zero-order chi connectivity index (χ0) is 19.5. The van der Waals surface area contributed by atoms with Crippen molar-refractivity contribution in [2.45, 2.75) is 6.92 Å². The van der Waals surface area contributed by atoms with Crippen molar-refractivity contribution in [3.05, 3.63) is 84.9 Å². The second-order valence-electron chi connectivity index (χ2n) is 6.57. The Labute approximate surface area is 164 Å². The van der Waals surface area contributed by atoms with Gasteiger partial charge in [-0.2, -0.15) is 0 Å². The number of carbonyl (C=O) groups excluding carboxylic acids is 1. The van der Waals surface area contributed by atoms with Gasteiger partial charge in [-0.25, -0.2) is 0 Å². The Morgan fingerprint density at radius 1 is 0.679 bits per heavy atom. The molecule has 0 aliphatic heterocycles. The molecule has 0 N–H and O–H groups in total. The second kappa shape index (κ2) is 7.57. The summed E-state index contributed by atoms with van der Waals surface area (Å²) in [5, 5.41) is 2.00. The third-order valence-corrected chi connectivity index (χ3v) is 4.68. The minimum atomic E-state index is -0.373. The van der Waals surface area contributed by atoms with Gasteiger partial charge in [0, 0.05) is 6.92 Å². The van der Waals surface area contributed by atoms with E-state index in [1.54, 1.807) is 7.11 Å². The van der Waals surface area contributed by atoms with E-state index in [9.17, 15) is 4.79 Å². The monoisotopic (exact) mass is 368 g/mol.